The van der Waals surface area contributed by atoms with Gasteiger partial charge in [0.1, 0.15) is 29.8 Å². The Labute approximate surface area is 184 Å². The molecule has 1 aromatic heterocycles. The van der Waals surface area contributed by atoms with E-state index in [4.69, 9.17) is 19.9 Å². The Balaban J connectivity index is 1.77. The fraction of sp³-hybridized carbons (Fsp3) is 0.182. The highest BCUT2D eigenvalue weighted by atomic mass is 32.2. The lowest BCUT2D eigenvalue weighted by Crippen LogP contribution is -2.08. The Kier molecular flexibility index (Phi) is 7.30. The summed E-state index contributed by atoms with van der Waals surface area (Å²) in [5, 5.41) is 9.86. The van der Waals surface area contributed by atoms with E-state index in [0.717, 1.165) is 5.56 Å². The van der Waals surface area contributed by atoms with E-state index in [1.54, 1.807) is 37.4 Å². The zero-order valence-corrected chi connectivity index (χ0v) is 17.8. The minimum Gasteiger partial charge on any atom is -0.493 e. The number of methoxy groups -OCH3 is 2. The van der Waals surface area contributed by atoms with Crippen LogP contribution in [0.1, 0.15) is 27.2 Å². The Hall–Kier alpha value is -3.77. The van der Waals surface area contributed by atoms with Gasteiger partial charge in [-0.2, -0.15) is 5.26 Å². The first-order valence-corrected chi connectivity index (χ1v) is 10.2. The second-order valence-corrected chi connectivity index (χ2v) is 7.19. The Morgan fingerprint density at radius 1 is 1.13 bits per heavy atom. The summed E-state index contributed by atoms with van der Waals surface area (Å²) >= 11 is 1.33. The second-order valence-electron chi connectivity index (χ2n) is 6.25. The molecule has 8 nitrogen and oxygen atoms in total. The number of ether oxygens (including phenoxy) is 3. The Bertz CT molecular complexity index is 1130. The largest absolute Gasteiger partial charge is 0.493 e. The van der Waals surface area contributed by atoms with E-state index in [2.05, 4.69) is 9.97 Å². The quantitative estimate of drug-likeness (QED) is 0.321. The molecule has 0 amide bonds. The van der Waals surface area contributed by atoms with Crippen LogP contribution < -0.4 is 15.2 Å². The van der Waals surface area contributed by atoms with Crippen molar-refractivity contribution < 1.29 is 19.0 Å². The van der Waals surface area contributed by atoms with Crippen molar-refractivity contribution in [3.05, 3.63) is 70.9 Å². The number of benzene rings is 2. The van der Waals surface area contributed by atoms with Crippen molar-refractivity contribution in [1.29, 1.82) is 5.26 Å². The SMILES string of the molecule is COC(=O)c1cccc(CSc2nc(N)c(C#N)c(COc3ccccc3OC)n2)c1. The van der Waals surface area contributed by atoms with Gasteiger partial charge < -0.3 is 19.9 Å². The third kappa shape index (κ3) is 5.43. The van der Waals surface area contributed by atoms with E-state index in [1.165, 1.54) is 18.9 Å². The minimum atomic E-state index is -0.401. The number of anilines is 1. The Morgan fingerprint density at radius 2 is 1.90 bits per heavy atom. The van der Waals surface area contributed by atoms with Gasteiger partial charge in [-0.05, 0) is 29.8 Å². The average Bonchev–Trinajstić information content (AvgIpc) is 2.81. The molecule has 0 aliphatic heterocycles. The van der Waals surface area contributed by atoms with Gasteiger partial charge in [-0.25, -0.2) is 14.8 Å². The predicted octanol–water partition coefficient (Wildman–Crippen LogP) is 3.60. The molecule has 0 bridgehead atoms. The van der Waals surface area contributed by atoms with Crippen molar-refractivity contribution in [2.75, 3.05) is 20.0 Å². The highest BCUT2D eigenvalue weighted by Crippen LogP contribution is 2.28. The maximum atomic E-state index is 11.7. The van der Waals surface area contributed by atoms with Crippen molar-refractivity contribution >= 4 is 23.5 Å². The molecule has 3 rings (SSSR count). The molecule has 0 aliphatic rings. The number of nitrogens with zero attached hydrogens (tertiary/aromatic N) is 3. The monoisotopic (exact) mass is 436 g/mol. The first kappa shape index (κ1) is 21.9. The topological polar surface area (TPSA) is 120 Å². The fourth-order valence-corrected chi connectivity index (χ4v) is 3.54. The van der Waals surface area contributed by atoms with Crippen LogP contribution in [-0.4, -0.2) is 30.2 Å². The standard InChI is InChI=1S/C22H20N4O4S/c1-28-18-8-3-4-9-19(18)30-12-17-16(11-23)20(24)26-22(25-17)31-13-14-6-5-7-15(10-14)21(27)29-2/h3-10H,12-13H2,1-2H3,(H2,24,25,26). The van der Waals surface area contributed by atoms with Crippen molar-refractivity contribution in [3.8, 4) is 17.6 Å². The predicted molar refractivity (Wildman–Crippen MR) is 116 cm³/mol. The number of esters is 1. The number of nitriles is 1. The summed E-state index contributed by atoms with van der Waals surface area (Å²) in [5.74, 6) is 1.29. The van der Waals surface area contributed by atoms with Gasteiger partial charge in [-0.1, -0.05) is 36.0 Å². The highest BCUT2D eigenvalue weighted by Gasteiger charge is 2.15. The molecule has 0 saturated heterocycles. The molecule has 0 unspecified atom stereocenters. The van der Waals surface area contributed by atoms with Crippen molar-refractivity contribution in [1.82, 2.24) is 9.97 Å². The number of aromatic nitrogens is 2. The highest BCUT2D eigenvalue weighted by molar-refractivity contribution is 7.98. The number of carbonyl (C=O) groups excluding carboxylic acids is 1. The lowest BCUT2D eigenvalue weighted by molar-refractivity contribution is 0.0600. The van der Waals surface area contributed by atoms with Crippen molar-refractivity contribution in [2.24, 2.45) is 0 Å². The van der Waals surface area contributed by atoms with Gasteiger partial charge in [0.25, 0.3) is 0 Å². The van der Waals surface area contributed by atoms with Crippen LogP contribution >= 0.6 is 11.8 Å². The second kappa shape index (κ2) is 10.3. The third-order valence-corrected chi connectivity index (χ3v) is 5.17. The van der Waals surface area contributed by atoms with Crippen LogP contribution in [0.3, 0.4) is 0 Å². The molecular formula is C22H20N4O4S. The van der Waals surface area contributed by atoms with E-state index < -0.39 is 5.97 Å². The molecule has 31 heavy (non-hydrogen) atoms. The molecule has 9 heteroatoms. The number of nitrogen functional groups attached to an aromatic ring is 1. The molecule has 0 saturated carbocycles. The lowest BCUT2D eigenvalue weighted by atomic mass is 10.1. The number of nitrogens with two attached hydrogens (primary N) is 1. The van der Waals surface area contributed by atoms with Gasteiger partial charge in [-0.15, -0.1) is 0 Å². The number of rotatable bonds is 8. The molecule has 158 valence electrons. The van der Waals surface area contributed by atoms with Crippen LogP contribution in [0.4, 0.5) is 5.82 Å². The summed E-state index contributed by atoms with van der Waals surface area (Å²) in [6.07, 6.45) is 0. The molecule has 0 spiro atoms. The number of hydrogen-bond donors (Lipinski definition) is 1. The van der Waals surface area contributed by atoms with Gasteiger partial charge in [0.15, 0.2) is 16.7 Å². The smallest absolute Gasteiger partial charge is 0.337 e. The van der Waals surface area contributed by atoms with E-state index >= 15 is 0 Å². The molecule has 3 aromatic rings. The minimum absolute atomic E-state index is 0.0291. The van der Waals surface area contributed by atoms with Gasteiger partial charge in [0.05, 0.1) is 19.8 Å². The number of para-hydroxylation sites is 2. The lowest BCUT2D eigenvalue weighted by Gasteiger charge is -2.12. The normalized spacial score (nSPS) is 10.2. The molecule has 2 N–H and O–H groups in total. The summed E-state index contributed by atoms with van der Waals surface area (Å²) in [7, 11) is 2.89. The summed E-state index contributed by atoms with van der Waals surface area (Å²) < 4.78 is 15.8. The van der Waals surface area contributed by atoms with E-state index in [1.807, 2.05) is 24.3 Å². The van der Waals surface area contributed by atoms with Gasteiger partial charge in [0, 0.05) is 5.75 Å². The summed E-state index contributed by atoms with van der Waals surface area (Å²) in [6.45, 7) is 0.0291. The molecule has 0 fully saturated rings. The first-order valence-electron chi connectivity index (χ1n) is 9.18. The third-order valence-electron chi connectivity index (χ3n) is 4.25. The van der Waals surface area contributed by atoms with Crippen LogP contribution in [0.15, 0.2) is 53.7 Å². The average molecular weight is 436 g/mol. The van der Waals surface area contributed by atoms with Crippen molar-refractivity contribution in [2.45, 2.75) is 17.5 Å². The van der Waals surface area contributed by atoms with Crippen molar-refractivity contribution in [3.63, 3.8) is 0 Å². The summed E-state index contributed by atoms with van der Waals surface area (Å²) in [5.41, 5.74) is 7.89. The molecule has 0 atom stereocenters. The first-order chi connectivity index (χ1) is 15.0. The van der Waals surface area contributed by atoms with E-state index in [9.17, 15) is 10.1 Å². The van der Waals surface area contributed by atoms with Gasteiger partial charge >= 0.3 is 5.97 Å². The van der Waals surface area contributed by atoms with Crippen LogP contribution in [0.25, 0.3) is 0 Å². The maximum absolute atomic E-state index is 11.7. The molecule has 2 aromatic carbocycles. The molecule has 0 radical (unpaired) electrons. The van der Waals surface area contributed by atoms with Crippen LogP contribution in [0.5, 0.6) is 11.5 Å². The number of thioether (sulfide) groups is 1. The molecule has 1 heterocycles. The molecule has 0 aliphatic carbocycles. The van der Waals surface area contributed by atoms with Gasteiger partial charge in [0.2, 0.25) is 0 Å². The Morgan fingerprint density at radius 3 is 2.61 bits per heavy atom. The fourth-order valence-electron chi connectivity index (χ4n) is 2.73. The zero-order valence-electron chi connectivity index (χ0n) is 17.0. The summed E-state index contributed by atoms with van der Waals surface area (Å²) in [4.78, 5) is 20.4. The molecular weight excluding hydrogens is 416 g/mol. The number of carbonyl (C=O) groups is 1. The van der Waals surface area contributed by atoms with Gasteiger partial charge in [-0.3, -0.25) is 0 Å². The van der Waals surface area contributed by atoms with Crippen LogP contribution in [0, 0.1) is 11.3 Å². The van der Waals surface area contributed by atoms with E-state index in [0.29, 0.717) is 33.7 Å². The van der Waals surface area contributed by atoms with Crippen LogP contribution in [0.2, 0.25) is 0 Å². The van der Waals surface area contributed by atoms with Crippen LogP contribution in [-0.2, 0) is 17.1 Å². The van der Waals surface area contributed by atoms with E-state index in [-0.39, 0.29) is 18.0 Å². The summed E-state index contributed by atoms with van der Waals surface area (Å²) in [6, 6.07) is 16.3. The number of hydrogen-bond acceptors (Lipinski definition) is 9. The zero-order chi connectivity index (χ0) is 22.2. The maximum Gasteiger partial charge on any atom is 0.337 e.